The highest BCUT2D eigenvalue weighted by Crippen LogP contribution is 2.35. The second kappa shape index (κ2) is 4.15. The van der Waals surface area contributed by atoms with Gasteiger partial charge in [0.1, 0.15) is 5.41 Å². The maximum atomic E-state index is 12.0. The minimum Gasteiger partial charge on any atom is -0.454 e. The first kappa shape index (κ1) is 11.3. The quantitative estimate of drug-likeness (QED) is 0.811. The Bertz CT molecular complexity index is 478. The molecule has 0 unspecified atom stereocenters. The van der Waals surface area contributed by atoms with Gasteiger partial charge in [0.15, 0.2) is 11.5 Å². The van der Waals surface area contributed by atoms with Crippen LogP contribution < -0.4 is 14.8 Å². The van der Waals surface area contributed by atoms with Crippen molar-refractivity contribution in [2.24, 2.45) is 5.41 Å². The summed E-state index contributed by atoms with van der Waals surface area (Å²) in [5.41, 5.74) is -0.194. The average Bonchev–Trinajstić information content (AvgIpc) is 2.75. The largest absolute Gasteiger partial charge is 0.454 e. The van der Waals surface area contributed by atoms with E-state index in [1.165, 1.54) is 0 Å². The first-order chi connectivity index (χ1) is 8.73. The minimum atomic E-state index is -0.809. The number of anilines is 1. The second-order valence-corrected chi connectivity index (χ2v) is 4.45. The highest BCUT2D eigenvalue weighted by Gasteiger charge is 2.45. The number of fused-ring (bicyclic) bond motifs is 1. The van der Waals surface area contributed by atoms with Crippen LogP contribution in [0.2, 0.25) is 0 Å². The highest BCUT2D eigenvalue weighted by atomic mass is 16.7. The van der Waals surface area contributed by atoms with Gasteiger partial charge in [0.05, 0.1) is 19.8 Å². The average molecular weight is 251 g/mol. The molecule has 2 aliphatic rings. The van der Waals surface area contributed by atoms with E-state index in [4.69, 9.17) is 14.2 Å². The Hall–Kier alpha value is -1.79. The number of aliphatic hydroxyl groups is 1. The molecule has 1 aromatic carbocycles. The predicted octanol–water partition coefficient (Wildman–Crippen LogP) is 0.363. The monoisotopic (exact) mass is 251 g/mol. The van der Waals surface area contributed by atoms with Crippen LogP contribution in [0.15, 0.2) is 18.2 Å². The normalized spacial score (nSPS) is 19.2. The van der Waals surface area contributed by atoms with Crippen LogP contribution in [0.5, 0.6) is 11.5 Å². The standard InChI is InChI=1S/C12H13NO5/c14-4-12(5-16-6-12)11(15)13-8-1-2-9-10(3-8)18-7-17-9/h1-3,14H,4-7H2,(H,13,15). The first-order valence-corrected chi connectivity index (χ1v) is 5.63. The number of ether oxygens (including phenoxy) is 3. The number of carbonyl (C=O) groups is 1. The van der Waals surface area contributed by atoms with E-state index in [0.717, 1.165) is 0 Å². The molecule has 0 atom stereocenters. The summed E-state index contributed by atoms with van der Waals surface area (Å²) >= 11 is 0. The number of hydrogen-bond donors (Lipinski definition) is 2. The predicted molar refractivity (Wildman–Crippen MR) is 61.5 cm³/mol. The molecule has 0 bridgehead atoms. The number of amides is 1. The number of aliphatic hydroxyl groups excluding tert-OH is 1. The second-order valence-electron chi connectivity index (χ2n) is 4.45. The van der Waals surface area contributed by atoms with E-state index in [1.54, 1.807) is 18.2 Å². The van der Waals surface area contributed by atoms with E-state index in [1.807, 2.05) is 0 Å². The van der Waals surface area contributed by atoms with Crippen LogP contribution >= 0.6 is 0 Å². The molecule has 1 fully saturated rings. The molecule has 3 rings (SSSR count). The number of carbonyl (C=O) groups excluding carboxylic acids is 1. The van der Waals surface area contributed by atoms with Gasteiger partial charge in [0.25, 0.3) is 0 Å². The lowest BCUT2D eigenvalue weighted by Crippen LogP contribution is -2.54. The lowest BCUT2D eigenvalue weighted by molar-refractivity contribution is -0.164. The molecule has 0 aromatic heterocycles. The van der Waals surface area contributed by atoms with Gasteiger partial charge in [0, 0.05) is 11.8 Å². The minimum absolute atomic E-state index is 0.196. The van der Waals surface area contributed by atoms with Crippen LogP contribution in [0, 0.1) is 5.41 Å². The molecule has 1 aromatic rings. The topological polar surface area (TPSA) is 77.0 Å². The summed E-state index contributed by atoms with van der Waals surface area (Å²) in [5.74, 6) is 1.03. The van der Waals surface area contributed by atoms with Crippen LogP contribution in [0.3, 0.4) is 0 Å². The molecule has 2 aliphatic heterocycles. The van der Waals surface area contributed by atoms with Crippen LogP contribution in [-0.4, -0.2) is 37.6 Å². The van der Waals surface area contributed by atoms with Gasteiger partial charge in [-0.2, -0.15) is 0 Å². The molecule has 6 nitrogen and oxygen atoms in total. The summed E-state index contributed by atoms with van der Waals surface area (Å²) in [4.78, 5) is 12.0. The van der Waals surface area contributed by atoms with Crippen molar-refractivity contribution in [2.75, 3.05) is 31.9 Å². The maximum Gasteiger partial charge on any atom is 0.237 e. The Balaban J connectivity index is 1.74. The van der Waals surface area contributed by atoms with E-state index in [9.17, 15) is 9.90 Å². The van der Waals surface area contributed by atoms with Gasteiger partial charge in [-0.3, -0.25) is 4.79 Å². The third-order valence-corrected chi connectivity index (χ3v) is 3.17. The Morgan fingerprint density at radius 1 is 1.33 bits per heavy atom. The highest BCUT2D eigenvalue weighted by molar-refractivity contribution is 5.96. The third-order valence-electron chi connectivity index (χ3n) is 3.17. The molecular weight excluding hydrogens is 238 g/mol. The van der Waals surface area contributed by atoms with Gasteiger partial charge in [0.2, 0.25) is 12.7 Å². The van der Waals surface area contributed by atoms with Crippen LogP contribution in [0.1, 0.15) is 0 Å². The van der Waals surface area contributed by atoms with Crippen molar-refractivity contribution < 1.29 is 24.1 Å². The number of nitrogens with one attached hydrogen (secondary N) is 1. The maximum absolute atomic E-state index is 12.0. The molecule has 96 valence electrons. The van der Waals surface area contributed by atoms with Gasteiger partial charge in [-0.05, 0) is 12.1 Å². The molecule has 18 heavy (non-hydrogen) atoms. The number of benzene rings is 1. The summed E-state index contributed by atoms with van der Waals surface area (Å²) in [6, 6.07) is 5.17. The van der Waals surface area contributed by atoms with Gasteiger partial charge in [-0.25, -0.2) is 0 Å². The van der Waals surface area contributed by atoms with E-state index in [-0.39, 0.29) is 32.5 Å². The number of hydrogen-bond acceptors (Lipinski definition) is 5. The van der Waals surface area contributed by atoms with Crippen molar-refractivity contribution in [3.8, 4) is 11.5 Å². The van der Waals surface area contributed by atoms with Gasteiger partial charge >= 0.3 is 0 Å². The van der Waals surface area contributed by atoms with Crippen molar-refractivity contribution in [3.05, 3.63) is 18.2 Å². The van der Waals surface area contributed by atoms with Crippen LogP contribution in [0.4, 0.5) is 5.69 Å². The molecular formula is C12H13NO5. The first-order valence-electron chi connectivity index (χ1n) is 5.63. The van der Waals surface area contributed by atoms with Crippen molar-refractivity contribution in [2.45, 2.75) is 0 Å². The summed E-state index contributed by atoms with van der Waals surface area (Å²) < 4.78 is 15.4. The van der Waals surface area contributed by atoms with E-state index in [2.05, 4.69) is 5.32 Å². The smallest absolute Gasteiger partial charge is 0.237 e. The number of rotatable bonds is 3. The SMILES string of the molecule is O=C(Nc1ccc2c(c1)OCO2)C1(CO)COC1. The van der Waals surface area contributed by atoms with E-state index < -0.39 is 5.41 Å². The van der Waals surface area contributed by atoms with Gasteiger partial charge < -0.3 is 24.6 Å². The molecule has 0 saturated carbocycles. The fraction of sp³-hybridized carbons (Fsp3) is 0.417. The molecule has 6 heteroatoms. The summed E-state index contributed by atoms with van der Waals surface area (Å²) in [5, 5.41) is 12.0. The summed E-state index contributed by atoms with van der Waals surface area (Å²) in [6.45, 7) is 0.476. The fourth-order valence-electron chi connectivity index (χ4n) is 1.88. The lowest BCUT2D eigenvalue weighted by atomic mass is 9.86. The van der Waals surface area contributed by atoms with Crippen molar-refractivity contribution in [1.29, 1.82) is 0 Å². The zero-order chi connectivity index (χ0) is 12.6. The zero-order valence-corrected chi connectivity index (χ0v) is 9.64. The molecule has 1 amide bonds. The molecule has 0 radical (unpaired) electrons. The summed E-state index contributed by atoms with van der Waals surface area (Å²) in [6.07, 6.45) is 0. The van der Waals surface area contributed by atoms with Gasteiger partial charge in [-0.15, -0.1) is 0 Å². The van der Waals surface area contributed by atoms with Crippen LogP contribution in [0.25, 0.3) is 0 Å². The third kappa shape index (κ3) is 1.70. The fourth-order valence-corrected chi connectivity index (χ4v) is 1.88. The molecule has 0 aliphatic carbocycles. The Morgan fingerprint density at radius 2 is 2.11 bits per heavy atom. The lowest BCUT2D eigenvalue weighted by Gasteiger charge is -2.37. The van der Waals surface area contributed by atoms with E-state index >= 15 is 0 Å². The van der Waals surface area contributed by atoms with Crippen molar-refractivity contribution >= 4 is 11.6 Å². The van der Waals surface area contributed by atoms with Gasteiger partial charge in [-0.1, -0.05) is 0 Å². The Morgan fingerprint density at radius 3 is 2.78 bits per heavy atom. The van der Waals surface area contributed by atoms with Crippen LogP contribution in [-0.2, 0) is 9.53 Å². The Kier molecular flexibility index (Phi) is 2.61. The van der Waals surface area contributed by atoms with E-state index in [0.29, 0.717) is 17.2 Å². The molecule has 1 saturated heterocycles. The Labute approximate surface area is 103 Å². The molecule has 2 heterocycles. The van der Waals surface area contributed by atoms with Crippen molar-refractivity contribution in [3.63, 3.8) is 0 Å². The molecule has 2 N–H and O–H groups in total. The summed E-state index contributed by atoms with van der Waals surface area (Å²) in [7, 11) is 0. The zero-order valence-electron chi connectivity index (χ0n) is 9.64. The molecule has 0 spiro atoms. The van der Waals surface area contributed by atoms with Crippen molar-refractivity contribution in [1.82, 2.24) is 0 Å².